The number of amides is 2. The van der Waals surface area contributed by atoms with Crippen LogP contribution in [0.3, 0.4) is 0 Å². The van der Waals surface area contributed by atoms with Gasteiger partial charge in [-0.2, -0.15) is 0 Å². The van der Waals surface area contributed by atoms with Crippen molar-refractivity contribution in [3.63, 3.8) is 0 Å². The molecule has 3 aliphatic heterocycles. The van der Waals surface area contributed by atoms with Gasteiger partial charge in [-0.3, -0.25) is 10.2 Å². The van der Waals surface area contributed by atoms with E-state index in [-0.39, 0.29) is 35.9 Å². The quantitative estimate of drug-likeness (QED) is 0.524. The molecule has 0 aromatic heterocycles. The molecular formula is C32H42N4O4. The van der Waals surface area contributed by atoms with Crippen molar-refractivity contribution in [1.82, 2.24) is 21.1 Å². The van der Waals surface area contributed by atoms with Crippen LogP contribution in [0.2, 0.25) is 0 Å². The zero-order chi connectivity index (χ0) is 27.9. The van der Waals surface area contributed by atoms with Crippen molar-refractivity contribution in [2.75, 3.05) is 19.7 Å². The molecule has 0 radical (unpaired) electrons. The van der Waals surface area contributed by atoms with Crippen LogP contribution >= 0.6 is 0 Å². The van der Waals surface area contributed by atoms with Crippen molar-refractivity contribution in [3.8, 4) is 5.75 Å². The van der Waals surface area contributed by atoms with E-state index in [0.29, 0.717) is 25.0 Å². The Kier molecular flexibility index (Phi) is 7.48. The number of piperidine rings is 1. The largest absolute Gasteiger partial charge is 0.493 e. The third-order valence-corrected chi connectivity index (χ3v) is 9.02. The molecule has 214 valence electrons. The topological polar surface area (TPSA) is 91.9 Å². The maximum Gasteiger partial charge on any atom is 0.410 e. The summed E-state index contributed by atoms with van der Waals surface area (Å²) >= 11 is 0. The highest BCUT2D eigenvalue weighted by molar-refractivity contribution is 5.79. The SMILES string of the molecule is CC(C)(C)OC(=O)N1CC[C@@H](c2ccccc2)[C@H](NC(=O)C2CCC3NNC(c4ccc5c(c4)CCO5)C3C2)C1. The van der Waals surface area contributed by atoms with Crippen molar-refractivity contribution in [3.05, 3.63) is 65.2 Å². The summed E-state index contributed by atoms with van der Waals surface area (Å²) < 4.78 is 11.4. The van der Waals surface area contributed by atoms with Crippen molar-refractivity contribution in [2.45, 2.75) is 82.5 Å². The van der Waals surface area contributed by atoms with Gasteiger partial charge >= 0.3 is 6.09 Å². The van der Waals surface area contributed by atoms with Crippen LogP contribution in [0, 0.1) is 11.8 Å². The molecule has 2 aromatic carbocycles. The number of nitrogens with zero attached hydrogens (tertiary/aromatic N) is 1. The minimum Gasteiger partial charge on any atom is -0.493 e. The molecule has 40 heavy (non-hydrogen) atoms. The zero-order valence-corrected chi connectivity index (χ0v) is 23.8. The van der Waals surface area contributed by atoms with Crippen molar-refractivity contribution >= 4 is 12.0 Å². The van der Waals surface area contributed by atoms with Gasteiger partial charge in [0.2, 0.25) is 5.91 Å². The average Bonchev–Trinajstić information content (AvgIpc) is 3.58. The lowest BCUT2D eigenvalue weighted by molar-refractivity contribution is -0.128. The van der Waals surface area contributed by atoms with E-state index in [9.17, 15) is 9.59 Å². The zero-order valence-electron chi connectivity index (χ0n) is 23.8. The number of carbonyl (C=O) groups excluding carboxylic acids is 2. The van der Waals surface area contributed by atoms with Crippen LogP contribution in [-0.2, 0) is 16.0 Å². The minimum absolute atomic E-state index is 0.0588. The smallest absolute Gasteiger partial charge is 0.410 e. The van der Waals surface area contributed by atoms with Crippen LogP contribution in [0.15, 0.2) is 48.5 Å². The first-order valence-electron chi connectivity index (χ1n) is 14.8. The van der Waals surface area contributed by atoms with Crippen molar-refractivity contribution in [2.24, 2.45) is 11.8 Å². The van der Waals surface area contributed by atoms with Crippen LogP contribution in [0.5, 0.6) is 5.75 Å². The molecule has 3 heterocycles. The van der Waals surface area contributed by atoms with E-state index in [1.807, 2.05) is 39.0 Å². The summed E-state index contributed by atoms with van der Waals surface area (Å²) in [6, 6.07) is 17.2. The molecule has 4 aliphatic rings. The van der Waals surface area contributed by atoms with Gasteiger partial charge in [-0.05, 0) is 75.1 Å². The Bertz CT molecular complexity index is 1230. The normalized spacial score (nSPS) is 29.7. The van der Waals surface area contributed by atoms with Gasteiger partial charge in [0.05, 0.1) is 18.7 Å². The number of hydrazine groups is 1. The summed E-state index contributed by atoms with van der Waals surface area (Å²) in [7, 11) is 0. The Labute approximate surface area is 237 Å². The average molecular weight is 547 g/mol. The molecule has 8 heteroatoms. The van der Waals surface area contributed by atoms with Gasteiger partial charge in [-0.15, -0.1) is 0 Å². The van der Waals surface area contributed by atoms with E-state index in [4.69, 9.17) is 9.47 Å². The highest BCUT2D eigenvalue weighted by atomic mass is 16.6. The predicted octanol–water partition coefficient (Wildman–Crippen LogP) is 4.46. The molecule has 2 amide bonds. The summed E-state index contributed by atoms with van der Waals surface area (Å²) in [6.45, 7) is 7.45. The van der Waals surface area contributed by atoms with Crippen LogP contribution < -0.4 is 20.9 Å². The van der Waals surface area contributed by atoms with Crippen LogP contribution in [-0.4, -0.2) is 54.3 Å². The molecular weight excluding hydrogens is 504 g/mol. The summed E-state index contributed by atoms with van der Waals surface area (Å²) in [6.07, 6.45) is 4.05. The number of likely N-dealkylation sites (tertiary alicyclic amines) is 1. The van der Waals surface area contributed by atoms with E-state index in [1.54, 1.807) is 4.90 Å². The second kappa shape index (κ2) is 11.1. The summed E-state index contributed by atoms with van der Waals surface area (Å²) in [5, 5.41) is 3.41. The Morgan fingerprint density at radius 3 is 2.65 bits per heavy atom. The third-order valence-electron chi connectivity index (χ3n) is 9.02. The summed E-state index contributed by atoms with van der Waals surface area (Å²) in [4.78, 5) is 28.5. The van der Waals surface area contributed by atoms with Crippen LogP contribution in [0.1, 0.15) is 75.1 Å². The summed E-state index contributed by atoms with van der Waals surface area (Å²) in [5.41, 5.74) is 10.2. The first-order valence-corrected chi connectivity index (χ1v) is 14.8. The van der Waals surface area contributed by atoms with Gasteiger partial charge in [0.1, 0.15) is 11.4 Å². The van der Waals surface area contributed by atoms with E-state index in [2.05, 4.69) is 46.5 Å². The number of ether oxygens (including phenoxy) is 2. The lowest BCUT2D eigenvalue weighted by Gasteiger charge is -2.40. The molecule has 1 aliphatic carbocycles. The number of hydrogen-bond acceptors (Lipinski definition) is 6. The Morgan fingerprint density at radius 2 is 1.85 bits per heavy atom. The van der Waals surface area contributed by atoms with Crippen LogP contribution in [0.4, 0.5) is 4.79 Å². The number of hydrogen-bond donors (Lipinski definition) is 3. The van der Waals surface area contributed by atoms with E-state index < -0.39 is 5.60 Å². The molecule has 3 fully saturated rings. The molecule has 0 bridgehead atoms. The van der Waals surface area contributed by atoms with Crippen LogP contribution in [0.25, 0.3) is 0 Å². The van der Waals surface area contributed by atoms with Gasteiger partial charge in [0.15, 0.2) is 0 Å². The molecule has 6 rings (SSSR count). The number of rotatable bonds is 4. The third kappa shape index (κ3) is 5.70. The second-order valence-electron chi connectivity index (χ2n) is 12.9. The number of benzene rings is 2. The van der Waals surface area contributed by atoms with E-state index in [1.165, 1.54) is 16.7 Å². The molecule has 0 spiro atoms. The van der Waals surface area contributed by atoms with Gasteiger partial charge in [-0.25, -0.2) is 10.2 Å². The first kappa shape index (κ1) is 27.1. The fourth-order valence-corrected chi connectivity index (χ4v) is 7.02. The van der Waals surface area contributed by atoms with E-state index >= 15 is 0 Å². The minimum atomic E-state index is -0.559. The standard InChI is InChI=1S/C32H42N4O4/c1-32(2,3)40-31(38)36-15-13-24(20-7-5-4-6-8-20)27(19-36)33-30(37)23-9-11-26-25(18-23)29(35-34-26)22-10-12-28-21(17-22)14-16-39-28/h4-8,10,12,17,23-27,29,34-35H,9,11,13-16,18-19H2,1-3H3,(H,33,37)/t23?,24-,25?,26?,27+,29?/m0/s1. The number of carbonyl (C=O) groups is 2. The fraction of sp³-hybridized carbons (Fsp3) is 0.562. The summed E-state index contributed by atoms with van der Waals surface area (Å²) in [5.74, 6) is 1.52. The fourth-order valence-electron chi connectivity index (χ4n) is 7.02. The van der Waals surface area contributed by atoms with Crippen molar-refractivity contribution < 1.29 is 19.1 Å². The van der Waals surface area contributed by atoms with Gasteiger partial charge < -0.3 is 19.7 Å². The molecule has 4 unspecified atom stereocenters. The number of fused-ring (bicyclic) bond motifs is 2. The maximum atomic E-state index is 13.8. The monoisotopic (exact) mass is 546 g/mol. The molecule has 8 nitrogen and oxygen atoms in total. The van der Waals surface area contributed by atoms with Gasteiger partial charge in [0.25, 0.3) is 0 Å². The second-order valence-corrected chi connectivity index (χ2v) is 12.9. The number of nitrogens with one attached hydrogen (secondary N) is 3. The lowest BCUT2D eigenvalue weighted by Crippen LogP contribution is -2.55. The highest BCUT2D eigenvalue weighted by Crippen LogP contribution is 2.42. The Balaban J connectivity index is 1.16. The predicted molar refractivity (Wildman–Crippen MR) is 153 cm³/mol. The first-order chi connectivity index (χ1) is 19.2. The molecule has 6 atom stereocenters. The lowest BCUT2D eigenvalue weighted by atomic mass is 9.74. The Morgan fingerprint density at radius 1 is 1.02 bits per heavy atom. The van der Waals surface area contributed by atoms with Gasteiger partial charge in [-0.1, -0.05) is 42.5 Å². The molecule has 2 saturated heterocycles. The Hall–Kier alpha value is -3.10. The maximum absolute atomic E-state index is 13.8. The molecule has 1 saturated carbocycles. The highest BCUT2D eigenvalue weighted by Gasteiger charge is 2.44. The van der Waals surface area contributed by atoms with Crippen molar-refractivity contribution in [1.29, 1.82) is 0 Å². The van der Waals surface area contributed by atoms with Gasteiger partial charge in [0, 0.05) is 37.4 Å². The molecule has 2 aromatic rings. The molecule has 3 N–H and O–H groups in total. The van der Waals surface area contributed by atoms with E-state index in [0.717, 1.165) is 44.5 Å².